The number of likely N-dealkylation sites (tertiary alicyclic amines) is 1. The lowest BCUT2D eigenvalue weighted by atomic mass is 10.1. The van der Waals surface area contributed by atoms with Crippen LogP contribution in [-0.4, -0.2) is 36.1 Å². The molecule has 98 valence electrons. The molecule has 1 aliphatic heterocycles. The molecule has 0 atom stereocenters. The van der Waals surface area contributed by atoms with E-state index < -0.39 is 0 Å². The molecule has 3 heterocycles. The molecule has 0 bridgehead atoms. The molecule has 1 N–H and O–H groups in total. The minimum Gasteiger partial charge on any atom is -0.367 e. The number of rotatable bonds is 2. The molecule has 0 spiro atoms. The summed E-state index contributed by atoms with van der Waals surface area (Å²) in [5.74, 6) is 0.921. The average molecular weight is 272 g/mol. The minimum absolute atomic E-state index is 0.509. The maximum Gasteiger partial charge on any atom is 0.126 e. The van der Waals surface area contributed by atoms with Crippen molar-refractivity contribution in [2.75, 3.05) is 25.5 Å². The molecule has 1 aliphatic rings. The van der Waals surface area contributed by atoms with Crippen molar-refractivity contribution in [1.82, 2.24) is 9.88 Å². The van der Waals surface area contributed by atoms with Gasteiger partial charge in [-0.05, 0) is 50.5 Å². The molecule has 0 amide bonds. The number of thiophene rings is 1. The lowest BCUT2D eigenvalue weighted by Crippen LogP contribution is -2.36. The third-order valence-electron chi connectivity index (χ3n) is 3.58. The largest absolute Gasteiger partial charge is 0.367 e. The van der Waals surface area contributed by atoms with Crippen LogP contribution in [-0.2, 0) is 0 Å². The second kappa shape index (κ2) is 5.16. The summed E-state index contributed by atoms with van der Waals surface area (Å²) >= 11 is 1.49. The fourth-order valence-electron chi connectivity index (χ4n) is 2.44. The number of hydrogen-bond acceptors (Lipinski definition) is 5. The molecular formula is C14H16N4S. The molecule has 3 rings (SSSR count). The van der Waals surface area contributed by atoms with Gasteiger partial charge in [-0.3, -0.25) is 0 Å². The summed E-state index contributed by atoms with van der Waals surface area (Å²) in [7, 11) is 2.16. The average Bonchev–Trinajstić information content (AvgIpc) is 2.83. The van der Waals surface area contributed by atoms with Crippen LogP contribution in [0.4, 0.5) is 5.82 Å². The quantitative estimate of drug-likeness (QED) is 0.913. The second-order valence-corrected chi connectivity index (χ2v) is 6.14. The summed E-state index contributed by atoms with van der Waals surface area (Å²) in [5.41, 5.74) is 0. The van der Waals surface area contributed by atoms with Crippen LogP contribution in [0.1, 0.15) is 17.7 Å². The second-order valence-electron chi connectivity index (χ2n) is 5.05. The van der Waals surface area contributed by atoms with Crippen molar-refractivity contribution in [3.8, 4) is 6.07 Å². The Kier molecular flexibility index (Phi) is 3.36. The summed E-state index contributed by atoms with van der Waals surface area (Å²) in [6.07, 6.45) is 4.17. The van der Waals surface area contributed by atoms with Crippen LogP contribution < -0.4 is 5.32 Å². The van der Waals surface area contributed by atoms with Gasteiger partial charge in [-0.15, -0.1) is 11.3 Å². The lowest BCUT2D eigenvalue weighted by molar-refractivity contribution is 0.263. The first-order valence-electron chi connectivity index (χ1n) is 6.49. The van der Waals surface area contributed by atoms with Crippen molar-refractivity contribution in [2.24, 2.45) is 0 Å². The zero-order chi connectivity index (χ0) is 13.2. The fraction of sp³-hybridized carbons (Fsp3) is 0.429. The van der Waals surface area contributed by atoms with Crippen LogP contribution >= 0.6 is 11.3 Å². The molecule has 4 nitrogen and oxygen atoms in total. The number of nitriles is 1. The monoisotopic (exact) mass is 272 g/mol. The fourth-order valence-corrected chi connectivity index (χ4v) is 3.25. The maximum atomic E-state index is 8.91. The number of pyridine rings is 1. The van der Waals surface area contributed by atoms with E-state index in [9.17, 15) is 0 Å². The normalized spacial score (nSPS) is 17.5. The van der Waals surface area contributed by atoms with Gasteiger partial charge in [0.15, 0.2) is 0 Å². The van der Waals surface area contributed by atoms with Gasteiger partial charge in [0, 0.05) is 12.2 Å². The molecule has 0 radical (unpaired) electrons. The number of anilines is 1. The van der Waals surface area contributed by atoms with Gasteiger partial charge < -0.3 is 10.2 Å². The van der Waals surface area contributed by atoms with Crippen molar-refractivity contribution in [3.63, 3.8) is 0 Å². The number of nitrogens with zero attached hydrogens (tertiary/aromatic N) is 3. The number of nitrogens with one attached hydrogen (secondary N) is 1. The molecule has 1 fully saturated rings. The first-order valence-corrected chi connectivity index (χ1v) is 7.31. The van der Waals surface area contributed by atoms with E-state index in [0.717, 1.165) is 46.7 Å². The van der Waals surface area contributed by atoms with E-state index in [1.54, 1.807) is 0 Å². The highest BCUT2D eigenvalue weighted by molar-refractivity contribution is 7.19. The summed E-state index contributed by atoms with van der Waals surface area (Å²) in [5, 5.41) is 13.5. The van der Waals surface area contributed by atoms with Crippen molar-refractivity contribution < 1.29 is 0 Å². The van der Waals surface area contributed by atoms with Crippen LogP contribution in [0.2, 0.25) is 0 Å². The van der Waals surface area contributed by atoms with Crippen LogP contribution in [0.25, 0.3) is 10.1 Å². The Morgan fingerprint density at radius 1 is 1.42 bits per heavy atom. The summed E-state index contributed by atoms with van der Waals surface area (Å²) < 4.78 is 1.07. The van der Waals surface area contributed by atoms with E-state index in [0.29, 0.717) is 6.04 Å². The Labute approximate surface area is 116 Å². The van der Waals surface area contributed by atoms with Gasteiger partial charge in [0.05, 0.1) is 4.70 Å². The number of piperidine rings is 1. The number of hydrogen-bond donors (Lipinski definition) is 1. The third kappa shape index (κ3) is 2.70. The Bertz CT molecular complexity index is 620. The molecule has 0 saturated carbocycles. The van der Waals surface area contributed by atoms with E-state index in [1.165, 1.54) is 11.3 Å². The molecule has 2 aromatic rings. The first kappa shape index (κ1) is 12.4. The first-order chi connectivity index (χ1) is 9.24. The van der Waals surface area contributed by atoms with E-state index in [-0.39, 0.29) is 0 Å². The van der Waals surface area contributed by atoms with Gasteiger partial charge in [0.1, 0.15) is 16.8 Å². The van der Waals surface area contributed by atoms with Crippen molar-refractivity contribution in [2.45, 2.75) is 18.9 Å². The number of aromatic nitrogens is 1. The molecule has 1 saturated heterocycles. The van der Waals surface area contributed by atoms with E-state index in [4.69, 9.17) is 5.26 Å². The molecule has 2 aromatic heterocycles. The zero-order valence-corrected chi connectivity index (χ0v) is 11.7. The lowest BCUT2D eigenvalue weighted by Gasteiger charge is -2.29. The highest BCUT2D eigenvalue weighted by atomic mass is 32.1. The standard InChI is InChI=1S/C14H16N4S/c1-18-4-2-11(3-5-18)17-14-7-10-6-12(8-15)19-13(10)9-16-14/h6-7,9,11H,2-5H2,1H3,(H,16,17). The number of fused-ring (bicyclic) bond motifs is 1. The van der Waals surface area contributed by atoms with Gasteiger partial charge >= 0.3 is 0 Å². The zero-order valence-electron chi connectivity index (χ0n) is 10.9. The van der Waals surface area contributed by atoms with E-state index in [1.807, 2.05) is 18.3 Å². The smallest absolute Gasteiger partial charge is 0.126 e. The van der Waals surface area contributed by atoms with E-state index >= 15 is 0 Å². The summed E-state index contributed by atoms with van der Waals surface area (Å²) in [6.45, 7) is 2.27. The maximum absolute atomic E-state index is 8.91. The van der Waals surface area contributed by atoms with Crippen molar-refractivity contribution >= 4 is 27.2 Å². The molecule has 19 heavy (non-hydrogen) atoms. The van der Waals surface area contributed by atoms with Crippen LogP contribution in [0.3, 0.4) is 0 Å². The van der Waals surface area contributed by atoms with Crippen LogP contribution in [0.5, 0.6) is 0 Å². The predicted octanol–water partition coefficient (Wildman–Crippen LogP) is 2.67. The highest BCUT2D eigenvalue weighted by Crippen LogP contribution is 2.26. The topological polar surface area (TPSA) is 52.0 Å². The van der Waals surface area contributed by atoms with Gasteiger partial charge in [0.25, 0.3) is 0 Å². The van der Waals surface area contributed by atoms with Gasteiger partial charge in [-0.2, -0.15) is 5.26 Å². The molecule has 5 heteroatoms. The van der Waals surface area contributed by atoms with Gasteiger partial charge in [0.2, 0.25) is 0 Å². The minimum atomic E-state index is 0.509. The van der Waals surface area contributed by atoms with Crippen molar-refractivity contribution in [1.29, 1.82) is 5.26 Å². The van der Waals surface area contributed by atoms with Crippen molar-refractivity contribution in [3.05, 3.63) is 23.2 Å². The van der Waals surface area contributed by atoms with E-state index in [2.05, 4.69) is 28.3 Å². The SMILES string of the molecule is CN1CCC(Nc2cc3cc(C#N)sc3cn2)CC1. The summed E-state index contributed by atoms with van der Waals surface area (Å²) in [4.78, 5) is 7.54. The van der Waals surface area contributed by atoms with Crippen LogP contribution in [0, 0.1) is 11.3 Å². The molecule has 0 aliphatic carbocycles. The Balaban J connectivity index is 1.76. The summed E-state index contributed by atoms with van der Waals surface area (Å²) in [6, 6.07) is 6.68. The predicted molar refractivity (Wildman–Crippen MR) is 78.5 cm³/mol. The van der Waals surface area contributed by atoms with Gasteiger partial charge in [-0.25, -0.2) is 4.98 Å². The Hall–Kier alpha value is -1.64. The van der Waals surface area contributed by atoms with Gasteiger partial charge in [-0.1, -0.05) is 0 Å². The molecule has 0 aromatic carbocycles. The molecule has 0 unspecified atom stereocenters. The van der Waals surface area contributed by atoms with Crippen LogP contribution in [0.15, 0.2) is 18.3 Å². The Morgan fingerprint density at radius 3 is 2.95 bits per heavy atom. The Morgan fingerprint density at radius 2 is 2.21 bits per heavy atom. The molecular weight excluding hydrogens is 256 g/mol. The third-order valence-corrected chi connectivity index (χ3v) is 4.57. The highest BCUT2D eigenvalue weighted by Gasteiger charge is 2.16.